The summed E-state index contributed by atoms with van der Waals surface area (Å²) in [5.74, 6) is -13.1. The molecule has 0 aliphatic rings. The SMILES string of the molecule is CSCC[C@H](NC(=O)CNC(=O)[C@@H](N)C(C)C)C(=O)NCC(=O)N[C@@H](CCC(N)=O)C(=O)N[C@@H](CCCCN)C(=O)N[C@@H](CC(=O)O)C(=O)N[C@@H](CO)C(=O)N[C@@H](Cc1ccc(O)cc1)C(=O)N[C@H](C(=O)O)C(C)C. The number of aromatic hydroxyl groups is 1. The molecule has 420 valence electrons. The van der Waals surface area contributed by atoms with Gasteiger partial charge < -0.3 is 85.5 Å². The Morgan fingerprint density at radius 3 is 1.56 bits per heavy atom. The molecular weight excluding hydrogens is 1010 g/mol. The number of thioether (sulfide) groups is 1. The molecule has 0 aromatic heterocycles. The number of aliphatic hydroxyl groups excluding tert-OH is 1. The van der Waals surface area contributed by atoms with Crippen molar-refractivity contribution >= 4 is 82.8 Å². The summed E-state index contributed by atoms with van der Waals surface area (Å²) in [7, 11) is 0. The highest BCUT2D eigenvalue weighted by molar-refractivity contribution is 7.98. The molecule has 8 atom stereocenters. The second-order valence-corrected chi connectivity index (χ2v) is 19.0. The molecule has 0 saturated heterocycles. The van der Waals surface area contributed by atoms with E-state index in [1.807, 2.05) is 0 Å². The maximum atomic E-state index is 13.9. The zero-order valence-corrected chi connectivity index (χ0v) is 43.4. The highest BCUT2D eigenvalue weighted by Crippen LogP contribution is 2.13. The summed E-state index contributed by atoms with van der Waals surface area (Å²) in [6.45, 7) is 4.25. The van der Waals surface area contributed by atoms with Crippen molar-refractivity contribution in [3.8, 4) is 5.75 Å². The van der Waals surface area contributed by atoms with Gasteiger partial charge in [0.05, 0.1) is 32.2 Å². The molecule has 28 nitrogen and oxygen atoms in total. The minimum absolute atomic E-state index is 0.115. The number of benzene rings is 1. The quantitative estimate of drug-likeness (QED) is 0.0280. The van der Waals surface area contributed by atoms with Gasteiger partial charge in [0.1, 0.15) is 48.0 Å². The average molecular weight is 1080 g/mol. The minimum Gasteiger partial charge on any atom is -0.508 e. The Morgan fingerprint density at radius 2 is 1.07 bits per heavy atom. The lowest BCUT2D eigenvalue weighted by Crippen LogP contribution is -2.61. The van der Waals surface area contributed by atoms with E-state index in [0.717, 1.165) is 0 Å². The van der Waals surface area contributed by atoms with Crippen LogP contribution in [0.25, 0.3) is 0 Å². The van der Waals surface area contributed by atoms with Crippen LogP contribution in [0.4, 0.5) is 0 Å². The fourth-order valence-electron chi connectivity index (χ4n) is 6.70. The average Bonchev–Trinajstić information content (AvgIpc) is 3.34. The monoisotopic (exact) mass is 1080 g/mol. The summed E-state index contributed by atoms with van der Waals surface area (Å²) in [5, 5.41) is 60.3. The number of amides is 10. The van der Waals surface area contributed by atoms with E-state index in [-0.39, 0.29) is 43.9 Å². The molecule has 0 unspecified atom stereocenters. The molecule has 1 aromatic carbocycles. The molecule has 29 heteroatoms. The predicted molar refractivity (Wildman–Crippen MR) is 270 cm³/mol. The Labute approximate surface area is 437 Å². The molecule has 0 spiro atoms. The lowest BCUT2D eigenvalue weighted by Gasteiger charge is -2.27. The van der Waals surface area contributed by atoms with Crippen molar-refractivity contribution in [2.45, 2.75) is 127 Å². The van der Waals surface area contributed by atoms with Crippen molar-refractivity contribution in [3.63, 3.8) is 0 Å². The smallest absolute Gasteiger partial charge is 0.326 e. The first-order valence-corrected chi connectivity index (χ1v) is 25.4. The highest BCUT2D eigenvalue weighted by atomic mass is 32.2. The second-order valence-electron chi connectivity index (χ2n) is 18.0. The molecule has 0 radical (unpaired) electrons. The number of hydrogen-bond acceptors (Lipinski definition) is 17. The number of phenolic OH excluding ortho intramolecular Hbond substituents is 1. The van der Waals surface area contributed by atoms with Gasteiger partial charge in [-0.2, -0.15) is 11.8 Å². The molecule has 1 rings (SSSR count). The summed E-state index contributed by atoms with van der Waals surface area (Å²) in [4.78, 5) is 155. The lowest BCUT2D eigenvalue weighted by atomic mass is 10.0. The number of aliphatic hydroxyl groups is 1. The molecular formula is C46H74N12O16S. The van der Waals surface area contributed by atoms with Crippen LogP contribution in [0.5, 0.6) is 5.75 Å². The van der Waals surface area contributed by atoms with Crippen molar-refractivity contribution in [3.05, 3.63) is 29.8 Å². The van der Waals surface area contributed by atoms with Crippen LogP contribution >= 0.6 is 11.8 Å². The molecule has 0 aliphatic carbocycles. The Morgan fingerprint density at radius 1 is 0.587 bits per heavy atom. The van der Waals surface area contributed by atoms with E-state index >= 15 is 0 Å². The van der Waals surface area contributed by atoms with E-state index in [1.165, 1.54) is 49.9 Å². The van der Waals surface area contributed by atoms with Crippen LogP contribution in [0.15, 0.2) is 24.3 Å². The number of nitrogens with one attached hydrogen (secondary N) is 9. The van der Waals surface area contributed by atoms with Crippen molar-refractivity contribution in [1.29, 1.82) is 0 Å². The van der Waals surface area contributed by atoms with Gasteiger partial charge in [0, 0.05) is 12.8 Å². The fourth-order valence-corrected chi connectivity index (χ4v) is 7.17. The van der Waals surface area contributed by atoms with Crippen molar-refractivity contribution in [1.82, 2.24) is 47.9 Å². The molecule has 0 bridgehead atoms. The summed E-state index contributed by atoms with van der Waals surface area (Å²) < 4.78 is 0. The normalized spacial score (nSPS) is 14.2. The molecule has 0 aliphatic heterocycles. The van der Waals surface area contributed by atoms with Gasteiger partial charge in [0.25, 0.3) is 0 Å². The Hall–Kier alpha value is -7.11. The van der Waals surface area contributed by atoms with Gasteiger partial charge in [0.15, 0.2) is 0 Å². The first-order chi connectivity index (χ1) is 35.2. The third-order valence-electron chi connectivity index (χ3n) is 11.1. The first kappa shape index (κ1) is 65.9. The number of carbonyl (C=O) groups is 12. The number of nitrogens with two attached hydrogens (primary N) is 3. The lowest BCUT2D eigenvalue weighted by molar-refractivity contribution is -0.143. The van der Waals surface area contributed by atoms with Crippen LogP contribution in [0.2, 0.25) is 0 Å². The number of rotatable bonds is 36. The van der Waals surface area contributed by atoms with Crippen LogP contribution in [-0.4, -0.2) is 178 Å². The molecule has 10 amide bonds. The van der Waals surface area contributed by atoms with E-state index in [4.69, 9.17) is 17.2 Å². The second kappa shape index (κ2) is 34.4. The maximum absolute atomic E-state index is 13.9. The molecule has 0 fully saturated rings. The number of carboxylic acid groups (broad SMARTS) is 2. The third kappa shape index (κ3) is 25.6. The van der Waals surface area contributed by atoms with E-state index < -0.39 is 164 Å². The first-order valence-electron chi connectivity index (χ1n) is 24.0. The Bertz CT molecular complexity index is 2130. The topological polar surface area (TPSA) is 472 Å². The number of carboxylic acids is 2. The van der Waals surface area contributed by atoms with Gasteiger partial charge >= 0.3 is 11.9 Å². The number of primary amides is 1. The van der Waals surface area contributed by atoms with Crippen LogP contribution < -0.4 is 65.1 Å². The van der Waals surface area contributed by atoms with Gasteiger partial charge in [-0.1, -0.05) is 39.8 Å². The molecule has 0 saturated carbocycles. The van der Waals surface area contributed by atoms with Crippen LogP contribution in [0.1, 0.15) is 78.2 Å². The maximum Gasteiger partial charge on any atom is 0.326 e. The Balaban J connectivity index is 3.30. The van der Waals surface area contributed by atoms with Crippen LogP contribution in [0, 0.1) is 11.8 Å². The van der Waals surface area contributed by atoms with E-state index in [2.05, 4.69) is 47.9 Å². The Kier molecular flexibility index (Phi) is 30.2. The van der Waals surface area contributed by atoms with Crippen molar-refractivity contribution in [2.24, 2.45) is 29.0 Å². The molecule has 1 aromatic rings. The number of unbranched alkanes of at least 4 members (excludes halogenated alkanes) is 1. The van der Waals surface area contributed by atoms with Gasteiger partial charge in [0.2, 0.25) is 59.1 Å². The standard InChI is InChI=1S/C46H74N12O16S/c1-23(2)37(49)45(72)51-21-35(63)53-29(15-17-75-5)39(66)50-20-34(62)52-28(13-14-33(48)61)41(68)54-27(8-6-7-16-47)40(67)56-31(19-36(64)65)42(69)57-32(22-59)44(71)55-30(18-25-9-11-26(60)12-10-25)43(70)58-38(24(3)4)46(73)74/h9-12,23-24,27-32,37-38,59-60H,6-8,13-22,47,49H2,1-5H3,(H2,48,61)(H,50,66)(H,51,72)(H,52,62)(H,53,63)(H,54,68)(H,55,71)(H,56,67)(H,57,69)(H,58,70)(H,64,65)(H,73,74)/t27-,28-,29-,30-,31-,32-,37-,38-/m0/s1. The number of aliphatic carboxylic acids is 2. The zero-order chi connectivity index (χ0) is 56.9. The van der Waals surface area contributed by atoms with Gasteiger partial charge in [-0.3, -0.25) is 52.7 Å². The van der Waals surface area contributed by atoms with Crippen molar-refractivity contribution < 1.29 is 78.0 Å². The summed E-state index contributed by atoms with van der Waals surface area (Å²) >= 11 is 1.36. The van der Waals surface area contributed by atoms with Crippen LogP contribution in [-0.2, 0) is 64.0 Å². The zero-order valence-electron chi connectivity index (χ0n) is 42.6. The van der Waals surface area contributed by atoms with Gasteiger partial charge in [-0.25, -0.2) is 4.79 Å². The van der Waals surface area contributed by atoms with Gasteiger partial charge in [-0.15, -0.1) is 0 Å². The summed E-state index contributed by atoms with van der Waals surface area (Å²) in [6.07, 6.45) is -0.0663. The summed E-state index contributed by atoms with van der Waals surface area (Å²) in [5.41, 5.74) is 17.2. The summed E-state index contributed by atoms with van der Waals surface area (Å²) in [6, 6.07) is -6.56. The molecule has 19 N–H and O–H groups in total. The highest BCUT2D eigenvalue weighted by Gasteiger charge is 2.35. The van der Waals surface area contributed by atoms with E-state index in [1.54, 1.807) is 20.1 Å². The number of phenols is 1. The molecule has 0 heterocycles. The third-order valence-corrected chi connectivity index (χ3v) is 11.8. The van der Waals surface area contributed by atoms with E-state index in [9.17, 15) is 78.0 Å². The number of carbonyl (C=O) groups excluding carboxylic acids is 10. The number of hydrogen-bond donors (Lipinski definition) is 16. The molecule has 75 heavy (non-hydrogen) atoms. The van der Waals surface area contributed by atoms with E-state index in [0.29, 0.717) is 17.7 Å². The predicted octanol–water partition coefficient (Wildman–Crippen LogP) is -5.10. The van der Waals surface area contributed by atoms with Crippen molar-refractivity contribution in [2.75, 3.05) is 38.2 Å². The minimum atomic E-state index is -1.98. The largest absolute Gasteiger partial charge is 0.508 e. The van der Waals surface area contributed by atoms with Gasteiger partial charge in [-0.05, 0) is 80.2 Å². The fraction of sp³-hybridized carbons (Fsp3) is 0.609. The van der Waals surface area contributed by atoms with Crippen LogP contribution in [0.3, 0.4) is 0 Å².